The highest BCUT2D eigenvalue weighted by atomic mass is 16.1. The molecule has 0 aromatic heterocycles. The van der Waals surface area contributed by atoms with Crippen molar-refractivity contribution in [3.63, 3.8) is 0 Å². The number of carbonyl (C=O) groups excluding carboxylic acids is 1. The van der Waals surface area contributed by atoms with Crippen LogP contribution in [0.2, 0.25) is 0 Å². The summed E-state index contributed by atoms with van der Waals surface area (Å²) in [7, 11) is 3.96. The predicted molar refractivity (Wildman–Crippen MR) is 72.9 cm³/mol. The van der Waals surface area contributed by atoms with Crippen LogP contribution in [0.25, 0.3) is 6.08 Å². The van der Waals surface area contributed by atoms with E-state index in [4.69, 9.17) is 0 Å². The van der Waals surface area contributed by atoms with Crippen molar-refractivity contribution >= 4 is 11.9 Å². The van der Waals surface area contributed by atoms with Gasteiger partial charge in [-0.15, -0.1) is 0 Å². The van der Waals surface area contributed by atoms with Gasteiger partial charge in [0.1, 0.15) is 0 Å². The highest BCUT2D eigenvalue weighted by Crippen LogP contribution is 2.07. The third kappa shape index (κ3) is 4.96. The Labute approximate surface area is 104 Å². The Hall–Kier alpha value is -1.41. The van der Waals surface area contributed by atoms with Crippen LogP contribution in [-0.4, -0.2) is 31.3 Å². The van der Waals surface area contributed by atoms with Crippen molar-refractivity contribution in [3.05, 3.63) is 41.5 Å². The van der Waals surface area contributed by atoms with Gasteiger partial charge in [-0.3, -0.25) is 4.79 Å². The molecular formula is C15H21NO. The third-order valence-electron chi connectivity index (χ3n) is 2.64. The zero-order valence-electron chi connectivity index (χ0n) is 11.1. The Morgan fingerprint density at radius 3 is 2.41 bits per heavy atom. The first-order valence-electron chi connectivity index (χ1n) is 5.92. The second-order valence-electron chi connectivity index (χ2n) is 4.81. The lowest BCUT2D eigenvalue weighted by atomic mass is 10.0. The summed E-state index contributed by atoms with van der Waals surface area (Å²) in [5.74, 6) is 0.228. The first-order chi connectivity index (χ1) is 7.99. The Morgan fingerprint density at radius 1 is 1.29 bits per heavy atom. The number of hydrogen-bond donors (Lipinski definition) is 0. The molecule has 0 unspecified atom stereocenters. The molecule has 2 heteroatoms. The summed E-state index contributed by atoms with van der Waals surface area (Å²) in [6, 6.07) is 8.15. The first kappa shape index (κ1) is 13.7. The molecule has 0 aliphatic heterocycles. The van der Waals surface area contributed by atoms with Crippen molar-refractivity contribution in [2.24, 2.45) is 5.92 Å². The zero-order chi connectivity index (χ0) is 12.8. The Kier molecular flexibility index (Phi) is 5.11. The molecule has 0 aliphatic rings. The van der Waals surface area contributed by atoms with Crippen molar-refractivity contribution in [3.8, 4) is 0 Å². The second kappa shape index (κ2) is 6.36. The number of benzene rings is 1. The van der Waals surface area contributed by atoms with E-state index in [2.05, 4.69) is 6.92 Å². The lowest BCUT2D eigenvalue weighted by Crippen LogP contribution is -2.24. The number of hydrogen-bond acceptors (Lipinski definition) is 2. The first-order valence-corrected chi connectivity index (χ1v) is 5.92. The second-order valence-corrected chi connectivity index (χ2v) is 4.81. The number of aryl methyl sites for hydroxylation is 1. The van der Waals surface area contributed by atoms with Crippen molar-refractivity contribution in [2.45, 2.75) is 13.8 Å². The minimum Gasteiger partial charge on any atom is -0.309 e. The van der Waals surface area contributed by atoms with Crippen molar-refractivity contribution in [1.29, 1.82) is 0 Å². The molecule has 1 aromatic carbocycles. The quantitative estimate of drug-likeness (QED) is 0.726. The minimum absolute atomic E-state index is 0.0479. The zero-order valence-corrected chi connectivity index (χ0v) is 11.1. The van der Waals surface area contributed by atoms with Crippen LogP contribution in [0.4, 0.5) is 0 Å². The molecule has 0 saturated heterocycles. The molecule has 0 saturated carbocycles. The number of ketones is 1. The number of rotatable bonds is 5. The lowest BCUT2D eigenvalue weighted by molar-refractivity contribution is -0.118. The molecule has 1 rings (SSSR count). The van der Waals surface area contributed by atoms with Crippen LogP contribution in [-0.2, 0) is 4.79 Å². The van der Waals surface area contributed by atoms with Gasteiger partial charge in [0.25, 0.3) is 0 Å². The monoisotopic (exact) mass is 231 g/mol. The fraction of sp³-hybridized carbons (Fsp3) is 0.400. The smallest absolute Gasteiger partial charge is 0.159 e. The fourth-order valence-corrected chi connectivity index (χ4v) is 1.66. The third-order valence-corrected chi connectivity index (χ3v) is 2.64. The average Bonchev–Trinajstić information content (AvgIpc) is 2.27. The van der Waals surface area contributed by atoms with Gasteiger partial charge in [0.2, 0.25) is 0 Å². The maximum absolute atomic E-state index is 11.8. The molecule has 1 atom stereocenters. The van der Waals surface area contributed by atoms with Crippen LogP contribution < -0.4 is 0 Å². The van der Waals surface area contributed by atoms with E-state index in [0.717, 1.165) is 12.1 Å². The Balaban J connectivity index is 2.58. The van der Waals surface area contributed by atoms with Crippen LogP contribution in [0.1, 0.15) is 18.1 Å². The highest BCUT2D eigenvalue weighted by Gasteiger charge is 2.10. The summed E-state index contributed by atoms with van der Waals surface area (Å²) in [6.45, 7) is 4.80. The van der Waals surface area contributed by atoms with E-state index in [1.165, 1.54) is 5.56 Å². The normalized spacial score (nSPS) is 13.2. The van der Waals surface area contributed by atoms with Gasteiger partial charge < -0.3 is 4.90 Å². The molecule has 0 radical (unpaired) electrons. The van der Waals surface area contributed by atoms with E-state index < -0.39 is 0 Å². The topological polar surface area (TPSA) is 20.3 Å². The van der Waals surface area contributed by atoms with Crippen molar-refractivity contribution in [2.75, 3.05) is 20.6 Å². The van der Waals surface area contributed by atoms with Gasteiger partial charge in [-0.25, -0.2) is 0 Å². The summed E-state index contributed by atoms with van der Waals surface area (Å²) in [4.78, 5) is 13.8. The minimum atomic E-state index is 0.0479. The molecule has 1 aromatic rings. The molecule has 0 amide bonds. The van der Waals surface area contributed by atoms with E-state index in [9.17, 15) is 4.79 Å². The Morgan fingerprint density at radius 2 is 1.88 bits per heavy atom. The number of nitrogens with zero attached hydrogens (tertiary/aromatic N) is 1. The van der Waals surface area contributed by atoms with E-state index in [1.807, 2.05) is 56.3 Å². The lowest BCUT2D eigenvalue weighted by Gasteiger charge is -2.13. The van der Waals surface area contributed by atoms with Crippen LogP contribution in [0.5, 0.6) is 0 Å². The van der Waals surface area contributed by atoms with Gasteiger partial charge in [0, 0.05) is 12.5 Å². The molecule has 2 nitrogen and oxygen atoms in total. The van der Waals surface area contributed by atoms with Gasteiger partial charge in [0.05, 0.1) is 0 Å². The number of allylic oxidation sites excluding steroid dienone is 1. The van der Waals surface area contributed by atoms with Gasteiger partial charge in [0.15, 0.2) is 5.78 Å². The van der Waals surface area contributed by atoms with Crippen molar-refractivity contribution in [1.82, 2.24) is 4.90 Å². The van der Waals surface area contributed by atoms with Crippen LogP contribution in [0.15, 0.2) is 30.3 Å². The van der Waals surface area contributed by atoms with Crippen LogP contribution >= 0.6 is 0 Å². The molecule has 0 heterocycles. The SMILES string of the molecule is Cc1ccc(/C=C/C(=O)[C@H](C)CN(C)C)cc1. The molecular weight excluding hydrogens is 210 g/mol. The predicted octanol–water partition coefficient (Wildman–Crippen LogP) is 2.78. The molecule has 92 valence electrons. The molecule has 0 aliphatic carbocycles. The standard InChI is InChI=1S/C15H21NO/c1-12-5-7-14(8-6-12)9-10-15(17)13(2)11-16(3)4/h5-10,13H,11H2,1-4H3/b10-9+/t13-/m1/s1. The van der Waals surface area contributed by atoms with Crippen LogP contribution in [0, 0.1) is 12.8 Å². The number of carbonyl (C=O) groups is 1. The maximum atomic E-state index is 11.8. The summed E-state index contributed by atoms with van der Waals surface area (Å²) in [5, 5.41) is 0. The summed E-state index contributed by atoms with van der Waals surface area (Å²) in [6.07, 6.45) is 3.56. The van der Waals surface area contributed by atoms with Gasteiger partial charge >= 0.3 is 0 Å². The summed E-state index contributed by atoms with van der Waals surface area (Å²) >= 11 is 0. The molecule has 0 bridgehead atoms. The van der Waals surface area contributed by atoms with E-state index in [-0.39, 0.29) is 11.7 Å². The molecule has 17 heavy (non-hydrogen) atoms. The average molecular weight is 231 g/mol. The summed E-state index contributed by atoms with van der Waals surface area (Å²) in [5.41, 5.74) is 2.30. The molecule has 0 spiro atoms. The highest BCUT2D eigenvalue weighted by molar-refractivity contribution is 5.95. The largest absolute Gasteiger partial charge is 0.309 e. The molecule has 0 N–H and O–H groups in total. The maximum Gasteiger partial charge on any atom is 0.159 e. The summed E-state index contributed by atoms with van der Waals surface area (Å²) < 4.78 is 0. The van der Waals surface area contributed by atoms with Gasteiger partial charge in [-0.1, -0.05) is 42.8 Å². The van der Waals surface area contributed by atoms with Crippen LogP contribution in [0.3, 0.4) is 0 Å². The Bertz CT molecular complexity index is 390. The fourth-order valence-electron chi connectivity index (χ4n) is 1.66. The van der Waals surface area contributed by atoms with Gasteiger partial charge in [-0.2, -0.15) is 0 Å². The van der Waals surface area contributed by atoms with E-state index in [0.29, 0.717) is 0 Å². The van der Waals surface area contributed by atoms with Gasteiger partial charge in [-0.05, 0) is 32.7 Å². The molecule has 0 fully saturated rings. The van der Waals surface area contributed by atoms with Crippen molar-refractivity contribution < 1.29 is 4.79 Å². The van der Waals surface area contributed by atoms with E-state index in [1.54, 1.807) is 6.08 Å². The van der Waals surface area contributed by atoms with E-state index >= 15 is 0 Å².